The van der Waals surface area contributed by atoms with Crippen molar-refractivity contribution in [3.63, 3.8) is 0 Å². The summed E-state index contributed by atoms with van der Waals surface area (Å²) in [6.07, 6.45) is 3.53. The van der Waals surface area contributed by atoms with E-state index in [1.165, 1.54) is 12.4 Å². The topological polar surface area (TPSA) is 84.8 Å². The molecule has 0 amide bonds. The van der Waals surface area contributed by atoms with Crippen molar-refractivity contribution in [1.82, 2.24) is 15.0 Å². The maximum Gasteiger partial charge on any atom is 0.234 e. The van der Waals surface area contributed by atoms with E-state index in [0.29, 0.717) is 10.5 Å². The lowest BCUT2D eigenvalue weighted by Crippen LogP contribution is -2.16. The van der Waals surface area contributed by atoms with Gasteiger partial charge >= 0.3 is 0 Å². The largest absolute Gasteiger partial charge is 0.258 e. The Labute approximate surface area is 107 Å². The number of halogens is 1. The predicted molar refractivity (Wildman–Crippen MR) is 67.8 cm³/mol. The molecule has 0 aliphatic carbocycles. The monoisotopic (exact) mass is 290 g/mol. The summed E-state index contributed by atoms with van der Waals surface area (Å²) in [5.74, 6) is -0.117. The number of rotatable bonds is 6. The molecule has 6 nitrogen and oxygen atoms in total. The second-order valence-electron chi connectivity index (χ2n) is 3.52. The van der Waals surface area contributed by atoms with E-state index in [9.17, 15) is 12.8 Å². The van der Waals surface area contributed by atoms with Crippen LogP contribution >= 0.6 is 11.3 Å². The van der Waals surface area contributed by atoms with Crippen molar-refractivity contribution in [2.75, 3.05) is 17.1 Å². The van der Waals surface area contributed by atoms with Gasteiger partial charge in [-0.15, -0.1) is 0 Å². The molecular weight excluding hydrogens is 279 g/mol. The van der Waals surface area contributed by atoms with Crippen LogP contribution in [0.3, 0.4) is 0 Å². The maximum atomic E-state index is 11.9. The van der Waals surface area contributed by atoms with Gasteiger partial charge in [-0.05, 0) is 12.8 Å². The zero-order valence-corrected chi connectivity index (χ0v) is 11.0. The van der Waals surface area contributed by atoms with Gasteiger partial charge in [0.1, 0.15) is 0 Å². The molecule has 0 bridgehead atoms. The first kappa shape index (κ1) is 13.1. The average Bonchev–Trinajstić information content (AvgIpc) is 2.70. The third-order valence-corrected chi connectivity index (χ3v) is 4.41. The smallest absolute Gasteiger partial charge is 0.234 e. The van der Waals surface area contributed by atoms with Crippen LogP contribution in [0, 0.1) is 0 Å². The van der Waals surface area contributed by atoms with Crippen molar-refractivity contribution >= 4 is 37.0 Å². The Kier molecular flexibility index (Phi) is 4.02. The molecule has 0 spiro atoms. The van der Waals surface area contributed by atoms with Gasteiger partial charge in [-0.2, -0.15) is 4.98 Å². The van der Waals surface area contributed by atoms with Gasteiger partial charge in [-0.1, -0.05) is 11.3 Å². The molecule has 2 aromatic heterocycles. The van der Waals surface area contributed by atoms with Crippen molar-refractivity contribution in [3.8, 4) is 0 Å². The number of unbranched alkanes of at least 4 members (excludes halogenated alkanes) is 1. The fourth-order valence-corrected chi connectivity index (χ4v) is 3.46. The molecule has 0 aromatic carbocycles. The normalized spacial score (nSPS) is 11.8. The molecule has 0 aliphatic rings. The van der Waals surface area contributed by atoms with Crippen LogP contribution < -0.4 is 4.72 Å². The second-order valence-corrected chi connectivity index (χ2v) is 6.34. The number of anilines is 1. The maximum absolute atomic E-state index is 11.9. The number of hydrogen-bond donors (Lipinski definition) is 1. The third-order valence-electron chi connectivity index (χ3n) is 2.09. The molecule has 2 heterocycles. The van der Waals surface area contributed by atoms with Crippen molar-refractivity contribution in [2.24, 2.45) is 0 Å². The molecule has 0 radical (unpaired) electrons. The molecule has 98 valence electrons. The number of nitrogens with one attached hydrogen (secondary N) is 1. The quantitative estimate of drug-likeness (QED) is 0.816. The summed E-state index contributed by atoms with van der Waals surface area (Å²) in [7, 11) is -3.48. The highest BCUT2D eigenvalue weighted by Crippen LogP contribution is 2.22. The minimum absolute atomic E-state index is 0.117. The molecule has 2 rings (SSSR count). The number of fused-ring (bicyclic) bond motifs is 1. The van der Waals surface area contributed by atoms with Gasteiger partial charge in [0.2, 0.25) is 15.2 Å². The Morgan fingerprint density at radius 2 is 2.06 bits per heavy atom. The van der Waals surface area contributed by atoms with Crippen LogP contribution in [0.1, 0.15) is 12.8 Å². The van der Waals surface area contributed by atoms with Crippen LogP contribution in [0.15, 0.2) is 12.4 Å². The van der Waals surface area contributed by atoms with Crippen LogP contribution in [0.4, 0.5) is 9.52 Å². The molecule has 2 aromatic rings. The van der Waals surface area contributed by atoms with E-state index >= 15 is 0 Å². The van der Waals surface area contributed by atoms with E-state index in [4.69, 9.17) is 0 Å². The highest BCUT2D eigenvalue weighted by Gasteiger charge is 2.13. The van der Waals surface area contributed by atoms with Crippen molar-refractivity contribution in [1.29, 1.82) is 0 Å². The summed E-state index contributed by atoms with van der Waals surface area (Å²) < 4.78 is 37.5. The van der Waals surface area contributed by atoms with Crippen molar-refractivity contribution in [2.45, 2.75) is 12.8 Å². The molecule has 9 heteroatoms. The Bertz CT molecular complexity index is 595. The zero-order chi connectivity index (χ0) is 13.0. The Hall–Kier alpha value is -1.35. The summed E-state index contributed by atoms with van der Waals surface area (Å²) in [4.78, 5) is 12.6. The molecule has 18 heavy (non-hydrogen) atoms. The SMILES string of the molecule is O=S(=O)(CCCCF)Nc1nc2nccnc2s1. The molecule has 0 aliphatic heterocycles. The highest BCUT2D eigenvalue weighted by atomic mass is 32.2. The fraction of sp³-hybridized carbons (Fsp3) is 0.444. The van der Waals surface area contributed by atoms with E-state index in [1.807, 2.05) is 0 Å². The van der Waals surface area contributed by atoms with Gasteiger partial charge in [-0.3, -0.25) is 9.11 Å². The number of sulfonamides is 1. The summed E-state index contributed by atoms with van der Waals surface area (Å²) in [5, 5.41) is 0.233. The average molecular weight is 290 g/mol. The summed E-state index contributed by atoms with van der Waals surface area (Å²) in [6, 6.07) is 0. The number of aromatic nitrogens is 3. The molecule has 0 fully saturated rings. The van der Waals surface area contributed by atoms with Crippen LogP contribution in [0.5, 0.6) is 0 Å². The van der Waals surface area contributed by atoms with E-state index in [0.717, 1.165) is 11.3 Å². The molecule has 0 saturated carbocycles. The van der Waals surface area contributed by atoms with Gasteiger partial charge in [0, 0.05) is 12.4 Å². The Morgan fingerprint density at radius 3 is 2.78 bits per heavy atom. The van der Waals surface area contributed by atoms with Crippen LogP contribution in [0.2, 0.25) is 0 Å². The number of nitrogens with zero attached hydrogens (tertiary/aromatic N) is 3. The molecule has 1 N–H and O–H groups in total. The van der Waals surface area contributed by atoms with Crippen LogP contribution in [-0.2, 0) is 10.0 Å². The van der Waals surface area contributed by atoms with Gasteiger partial charge in [0.15, 0.2) is 10.5 Å². The first-order chi connectivity index (χ1) is 8.61. The molecule has 0 atom stereocenters. The van der Waals surface area contributed by atoms with Crippen molar-refractivity contribution < 1.29 is 12.8 Å². The Balaban J connectivity index is 2.08. The predicted octanol–water partition coefficient (Wildman–Crippen LogP) is 1.58. The van der Waals surface area contributed by atoms with Crippen molar-refractivity contribution in [3.05, 3.63) is 12.4 Å². The first-order valence-corrected chi connectivity index (χ1v) is 7.71. The summed E-state index contributed by atoms with van der Waals surface area (Å²) in [5.41, 5.74) is 0.406. The molecule has 0 unspecified atom stereocenters. The van der Waals surface area contributed by atoms with Crippen LogP contribution in [0.25, 0.3) is 10.5 Å². The highest BCUT2D eigenvalue weighted by molar-refractivity contribution is 7.92. The zero-order valence-electron chi connectivity index (χ0n) is 9.34. The number of alkyl halides is 1. The summed E-state index contributed by atoms with van der Waals surface area (Å²) in [6.45, 7) is -0.509. The summed E-state index contributed by atoms with van der Waals surface area (Å²) >= 11 is 1.11. The van der Waals surface area contributed by atoms with E-state index in [2.05, 4.69) is 19.7 Å². The minimum atomic E-state index is -3.48. The van der Waals surface area contributed by atoms with E-state index in [1.54, 1.807) is 0 Å². The molecule has 0 saturated heterocycles. The van der Waals surface area contributed by atoms with Gasteiger partial charge < -0.3 is 0 Å². The minimum Gasteiger partial charge on any atom is -0.258 e. The number of thiazole rings is 1. The third kappa shape index (κ3) is 3.33. The molecular formula is C9H11FN4O2S2. The lowest BCUT2D eigenvalue weighted by Gasteiger charge is -2.03. The lowest BCUT2D eigenvalue weighted by atomic mass is 10.4. The van der Waals surface area contributed by atoms with E-state index < -0.39 is 16.7 Å². The van der Waals surface area contributed by atoms with Gasteiger partial charge in [-0.25, -0.2) is 18.4 Å². The standard InChI is InChI=1S/C9H11FN4O2S2/c10-3-1-2-6-18(15,16)14-9-13-7-8(17-9)12-5-4-11-7/h4-5H,1-3,6H2,(H,11,13,14). The fourth-order valence-electron chi connectivity index (χ4n) is 1.29. The Morgan fingerprint density at radius 1 is 1.28 bits per heavy atom. The van der Waals surface area contributed by atoms with Gasteiger partial charge in [0.05, 0.1) is 12.4 Å². The van der Waals surface area contributed by atoms with Crippen LogP contribution in [-0.4, -0.2) is 35.8 Å². The van der Waals surface area contributed by atoms with Gasteiger partial charge in [0.25, 0.3) is 0 Å². The second kappa shape index (κ2) is 5.53. The van der Waals surface area contributed by atoms with E-state index in [-0.39, 0.29) is 23.7 Å². The lowest BCUT2D eigenvalue weighted by molar-refractivity contribution is 0.468. The number of hydrogen-bond acceptors (Lipinski definition) is 6. The first-order valence-electron chi connectivity index (χ1n) is 5.25.